The van der Waals surface area contributed by atoms with E-state index in [1.54, 1.807) is 24.3 Å². The molecule has 1 aromatic carbocycles. The topological polar surface area (TPSA) is 61.4 Å². The highest BCUT2D eigenvalue weighted by molar-refractivity contribution is 5.93. The zero-order valence-corrected chi connectivity index (χ0v) is 14.8. The quantitative estimate of drug-likeness (QED) is 0.846. The van der Waals surface area contributed by atoms with Crippen LogP contribution in [0.5, 0.6) is 0 Å². The zero-order valence-electron chi connectivity index (χ0n) is 14.8. The van der Waals surface area contributed by atoms with E-state index < -0.39 is 0 Å². The van der Waals surface area contributed by atoms with Gasteiger partial charge in [-0.25, -0.2) is 9.97 Å². The molecule has 2 rings (SSSR count). The number of carbonyl (C=O) groups is 1. The Balaban J connectivity index is 2.00. The molecule has 0 fully saturated rings. The van der Waals surface area contributed by atoms with E-state index in [0.717, 1.165) is 30.8 Å². The molecule has 0 atom stereocenters. The normalized spacial score (nSPS) is 10.3. The first-order valence-electron chi connectivity index (χ1n) is 8.13. The fourth-order valence-electron chi connectivity index (χ4n) is 2.19. The maximum Gasteiger partial charge on any atom is 0.256 e. The van der Waals surface area contributed by atoms with Crippen LogP contribution in [0.4, 0.5) is 17.3 Å². The van der Waals surface area contributed by atoms with Gasteiger partial charge >= 0.3 is 0 Å². The van der Waals surface area contributed by atoms with Crippen LogP contribution in [0.15, 0.2) is 36.7 Å². The van der Waals surface area contributed by atoms with E-state index in [1.807, 2.05) is 43.3 Å². The Morgan fingerprint density at radius 2 is 1.71 bits per heavy atom. The molecule has 0 aliphatic carbocycles. The highest BCUT2D eigenvalue weighted by atomic mass is 16.2. The van der Waals surface area contributed by atoms with Gasteiger partial charge < -0.3 is 15.1 Å². The van der Waals surface area contributed by atoms with Crippen molar-refractivity contribution in [2.45, 2.75) is 19.8 Å². The second-order valence-electron chi connectivity index (χ2n) is 5.94. The van der Waals surface area contributed by atoms with E-state index in [2.05, 4.69) is 22.2 Å². The van der Waals surface area contributed by atoms with Crippen LogP contribution in [0.3, 0.4) is 0 Å². The van der Waals surface area contributed by atoms with Gasteiger partial charge in [-0.1, -0.05) is 13.3 Å². The zero-order chi connectivity index (χ0) is 17.5. The minimum atomic E-state index is -0.0506. The second kappa shape index (κ2) is 8.29. The highest BCUT2D eigenvalue weighted by Crippen LogP contribution is 2.18. The van der Waals surface area contributed by atoms with Crippen LogP contribution in [-0.2, 0) is 0 Å². The molecule has 0 radical (unpaired) electrons. The van der Waals surface area contributed by atoms with Gasteiger partial charge in [-0.05, 0) is 30.7 Å². The van der Waals surface area contributed by atoms with Crippen LogP contribution in [-0.4, -0.2) is 48.5 Å². The summed E-state index contributed by atoms with van der Waals surface area (Å²) < 4.78 is 0. The number of aromatic nitrogens is 2. The van der Waals surface area contributed by atoms with E-state index in [-0.39, 0.29) is 5.91 Å². The van der Waals surface area contributed by atoms with Crippen molar-refractivity contribution < 1.29 is 4.79 Å². The van der Waals surface area contributed by atoms with Crippen molar-refractivity contribution in [3.63, 3.8) is 0 Å². The Kier molecular flexibility index (Phi) is 6.12. The van der Waals surface area contributed by atoms with Crippen LogP contribution in [0, 0.1) is 0 Å². The third-order valence-corrected chi connectivity index (χ3v) is 3.73. The summed E-state index contributed by atoms with van der Waals surface area (Å²) in [5.41, 5.74) is 2.53. The van der Waals surface area contributed by atoms with Gasteiger partial charge in [-0.2, -0.15) is 0 Å². The molecule has 0 spiro atoms. The Morgan fingerprint density at radius 1 is 1.08 bits per heavy atom. The van der Waals surface area contributed by atoms with Crippen LogP contribution < -0.4 is 10.2 Å². The molecule has 24 heavy (non-hydrogen) atoms. The van der Waals surface area contributed by atoms with E-state index >= 15 is 0 Å². The van der Waals surface area contributed by atoms with Crippen molar-refractivity contribution in [1.82, 2.24) is 14.9 Å². The van der Waals surface area contributed by atoms with Crippen molar-refractivity contribution >= 4 is 23.2 Å². The molecule has 0 bridgehead atoms. The summed E-state index contributed by atoms with van der Waals surface area (Å²) in [5, 5.41) is 3.13. The molecule has 1 amide bonds. The molecule has 0 saturated carbocycles. The number of hydrogen-bond acceptors (Lipinski definition) is 5. The lowest BCUT2D eigenvalue weighted by molar-refractivity contribution is 0.0792. The molecule has 0 aliphatic rings. The summed E-state index contributed by atoms with van der Waals surface area (Å²) in [6.45, 7) is 2.85. The third-order valence-electron chi connectivity index (χ3n) is 3.73. The lowest BCUT2D eigenvalue weighted by Crippen LogP contribution is -2.27. The molecule has 6 heteroatoms. The monoisotopic (exact) mass is 327 g/mol. The molecular formula is C18H25N5O. The predicted octanol–water partition coefficient (Wildman–Crippen LogP) is 3.16. The first-order chi connectivity index (χ1) is 11.5. The lowest BCUT2D eigenvalue weighted by Gasteiger charge is -2.16. The lowest BCUT2D eigenvalue weighted by atomic mass is 10.2. The highest BCUT2D eigenvalue weighted by Gasteiger charge is 2.12. The maximum absolute atomic E-state index is 12.2. The van der Waals surface area contributed by atoms with E-state index in [1.165, 1.54) is 0 Å². The fourth-order valence-corrected chi connectivity index (χ4v) is 2.19. The molecule has 1 N–H and O–H groups in total. The largest absolute Gasteiger partial charge is 0.378 e. The van der Waals surface area contributed by atoms with Gasteiger partial charge in [-0.15, -0.1) is 0 Å². The summed E-state index contributed by atoms with van der Waals surface area (Å²) in [6.07, 6.45) is 5.18. The van der Waals surface area contributed by atoms with Crippen molar-refractivity contribution in [3.8, 4) is 0 Å². The number of carbonyl (C=O) groups excluding carboxylic acids is 1. The molecular weight excluding hydrogens is 302 g/mol. The van der Waals surface area contributed by atoms with Gasteiger partial charge in [0.25, 0.3) is 5.91 Å². The Bertz CT molecular complexity index is 652. The molecule has 128 valence electrons. The summed E-state index contributed by atoms with van der Waals surface area (Å²) in [7, 11) is 5.80. The molecule has 0 unspecified atom stereocenters. The molecule has 6 nitrogen and oxygen atoms in total. The fraction of sp³-hybridized carbons (Fsp3) is 0.389. The summed E-state index contributed by atoms with van der Waals surface area (Å²) in [4.78, 5) is 24.5. The van der Waals surface area contributed by atoms with Crippen molar-refractivity contribution in [3.05, 3.63) is 42.2 Å². The smallest absolute Gasteiger partial charge is 0.256 e. The number of nitrogens with zero attached hydrogens (tertiary/aromatic N) is 4. The second-order valence-corrected chi connectivity index (χ2v) is 5.94. The van der Waals surface area contributed by atoms with Crippen LogP contribution >= 0.6 is 0 Å². The van der Waals surface area contributed by atoms with E-state index in [0.29, 0.717) is 11.5 Å². The van der Waals surface area contributed by atoms with Crippen molar-refractivity contribution in [1.29, 1.82) is 0 Å². The molecule has 1 heterocycles. The van der Waals surface area contributed by atoms with Gasteiger partial charge in [-0.3, -0.25) is 4.79 Å². The van der Waals surface area contributed by atoms with Crippen molar-refractivity contribution in [2.24, 2.45) is 0 Å². The average molecular weight is 327 g/mol. The average Bonchev–Trinajstić information content (AvgIpc) is 2.60. The van der Waals surface area contributed by atoms with Gasteiger partial charge in [0, 0.05) is 51.5 Å². The van der Waals surface area contributed by atoms with Crippen molar-refractivity contribution in [2.75, 3.05) is 37.9 Å². The molecule has 2 aromatic rings. The standard InChI is InChI=1S/C18H25N5O/c1-5-6-11-23(4)17(24)14-12-19-18(20-13-14)21-15-7-9-16(10-8-15)22(2)3/h7-10,12-13H,5-6,11H2,1-4H3,(H,19,20,21). The van der Waals surface area contributed by atoms with Crippen LogP contribution in [0.2, 0.25) is 0 Å². The summed E-state index contributed by atoms with van der Waals surface area (Å²) >= 11 is 0. The summed E-state index contributed by atoms with van der Waals surface area (Å²) in [6, 6.07) is 7.97. The SMILES string of the molecule is CCCCN(C)C(=O)c1cnc(Nc2ccc(N(C)C)cc2)nc1. The number of rotatable bonds is 7. The molecule has 1 aromatic heterocycles. The number of benzene rings is 1. The maximum atomic E-state index is 12.2. The molecule has 0 aliphatic heterocycles. The molecule has 0 saturated heterocycles. The number of unbranched alkanes of at least 4 members (excludes halogenated alkanes) is 1. The van der Waals surface area contributed by atoms with Gasteiger partial charge in [0.15, 0.2) is 0 Å². The minimum Gasteiger partial charge on any atom is -0.378 e. The minimum absolute atomic E-state index is 0.0506. The number of amides is 1. The van der Waals surface area contributed by atoms with Gasteiger partial charge in [0.2, 0.25) is 5.95 Å². The van der Waals surface area contributed by atoms with Crippen LogP contribution in [0.1, 0.15) is 30.1 Å². The van der Waals surface area contributed by atoms with Gasteiger partial charge in [0.05, 0.1) is 5.56 Å². The number of hydrogen-bond donors (Lipinski definition) is 1. The van der Waals surface area contributed by atoms with E-state index in [4.69, 9.17) is 0 Å². The first kappa shape index (κ1) is 17.7. The number of anilines is 3. The Morgan fingerprint density at radius 3 is 2.25 bits per heavy atom. The van der Waals surface area contributed by atoms with Gasteiger partial charge in [0.1, 0.15) is 0 Å². The van der Waals surface area contributed by atoms with E-state index in [9.17, 15) is 4.79 Å². The van der Waals surface area contributed by atoms with Crippen LogP contribution in [0.25, 0.3) is 0 Å². The Labute approximate surface area is 143 Å². The first-order valence-corrected chi connectivity index (χ1v) is 8.13. The predicted molar refractivity (Wildman–Crippen MR) is 98.0 cm³/mol. The third kappa shape index (κ3) is 4.68. The summed E-state index contributed by atoms with van der Waals surface area (Å²) in [5.74, 6) is 0.422. The number of nitrogens with one attached hydrogen (secondary N) is 1. The Hall–Kier alpha value is -2.63.